The van der Waals surface area contributed by atoms with E-state index < -0.39 is 6.09 Å². The van der Waals surface area contributed by atoms with E-state index in [0.717, 1.165) is 16.5 Å². The summed E-state index contributed by atoms with van der Waals surface area (Å²) in [6, 6.07) is 9.59. The maximum absolute atomic E-state index is 13.3. The first-order valence-corrected chi connectivity index (χ1v) is 6.53. The Morgan fingerprint density at radius 2 is 2.05 bits per heavy atom. The van der Waals surface area contributed by atoms with Crippen LogP contribution in [0.2, 0.25) is 0 Å². The van der Waals surface area contributed by atoms with E-state index in [1.165, 1.54) is 12.1 Å². The first kappa shape index (κ1) is 13.9. The SMILES string of the molecule is Cc1cc(OC(N)=O)nc(-c2ccnc3cc(F)ccc23)c1. The van der Waals surface area contributed by atoms with Crippen molar-refractivity contribution >= 4 is 17.0 Å². The van der Waals surface area contributed by atoms with Gasteiger partial charge >= 0.3 is 6.09 Å². The highest BCUT2D eigenvalue weighted by atomic mass is 19.1. The molecule has 5 nitrogen and oxygen atoms in total. The molecule has 0 fully saturated rings. The van der Waals surface area contributed by atoms with Crippen LogP contribution in [0, 0.1) is 12.7 Å². The van der Waals surface area contributed by atoms with E-state index in [1.807, 2.05) is 13.0 Å². The van der Waals surface area contributed by atoms with E-state index in [9.17, 15) is 9.18 Å². The van der Waals surface area contributed by atoms with E-state index >= 15 is 0 Å². The van der Waals surface area contributed by atoms with Crippen molar-refractivity contribution in [3.8, 4) is 17.1 Å². The molecular formula is C16H12FN3O2. The van der Waals surface area contributed by atoms with Crippen LogP contribution in [0.15, 0.2) is 42.6 Å². The van der Waals surface area contributed by atoms with Crippen molar-refractivity contribution in [2.24, 2.45) is 5.73 Å². The number of nitrogens with zero attached hydrogens (tertiary/aromatic N) is 2. The van der Waals surface area contributed by atoms with Gasteiger partial charge in [-0.2, -0.15) is 0 Å². The Hall–Kier alpha value is -3.02. The number of amides is 1. The molecular weight excluding hydrogens is 285 g/mol. The molecule has 0 spiro atoms. The summed E-state index contributed by atoms with van der Waals surface area (Å²) in [6.07, 6.45) is 0.654. The third kappa shape index (κ3) is 2.71. The lowest BCUT2D eigenvalue weighted by molar-refractivity contribution is 0.209. The molecule has 0 atom stereocenters. The van der Waals surface area contributed by atoms with Gasteiger partial charge in [0.2, 0.25) is 5.88 Å². The van der Waals surface area contributed by atoms with Crippen LogP contribution in [0.25, 0.3) is 22.2 Å². The summed E-state index contributed by atoms with van der Waals surface area (Å²) >= 11 is 0. The second-order valence-electron chi connectivity index (χ2n) is 4.81. The van der Waals surface area contributed by atoms with Crippen molar-refractivity contribution in [1.82, 2.24) is 9.97 Å². The minimum atomic E-state index is -0.925. The third-order valence-corrected chi connectivity index (χ3v) is 3.13. The number of pyridine rings is 2. The molecule has 0 unspecified atom stereocenters. The Balaban J connectivity index is 2.19. The smallest absolute Gasteiger partial charge is 0.391 e. The maximum Gasteiger partial charge on any atom is 0.411 e. The summed E-state index contributed by atoms with van der Waals surface area (Å²) < 4.78 is 18.2. The van der Waals surface area contributed by atoms with Crippen LogP contribution in [0.1, 0.15) is 5.56 Å². The van der Waals surface area contributed by atoms with Gasteiger partial charge in [-0.3, -0.25) is 4.98 Å². The van der Waals surface area contributed by atoms with Gasteiger partial charge in [0.25, 0.3) is 0 Å². The fourth-order valence-electron chi connectivity index (χ4n) is 2.27. The number of hydrogen-bond acceptors (Lipinski definition) is 4. The number of rotatable bonds is 2. The molecule has 0 radical (unpaired) electrons. The molecule has 2 aromatic heterocycles. The van der Waals surface area contributed by atoms with Crippen molar-refractivity contribution in [2.45, 2.75) is 6.92 Å². The number of carbonyl (C=O) groups excluding carboxylic acids is 1. The largest absolute Gasteiger partial charge is 0.411 e. The number of carbonyl (C=O) groups is 1. The third-order valence-electron chi connectivity index (χ3n) is 3.13. The van der Waals surface area contributed by atoms with E-state index in [-0.39, 0.29) is 11.7 Å². The molecule has 0 bridgehead atoms. The fraction of sp³-hybridized carbons (Fsp3) is 0.0625. The number of aryl methyl sites for hydroxylation is 1. The lowest BCUT2D eigenvalue weighted by Gasteiger charge is -2.08. The zero-order valence-corrected chi connectivity index (χ0v) is 11.7. The van der Waals surface area contributed by atoms with E-state index in [4.69, 9.17) is 10.5 Å². The zero-order valence-electron chi connectivity index (χ0n) is 11.7. The Labute approximate surface area is 125 Å². The maximum atomic E-state index is 13.3. The van der Waals surface area contributed by atoms with Gasteiger partial charge in [-0.15, -0.1) is 0 Å². The summed E-state index contributed by atoms with van der Waals surface area (Å²) in [4.78, 5) is 19.3. The fourth-order valence-corrected chi connectivity index (χ4v) is 2.27. The minimum absolute atomic E-state index is 0.120. The summed E-state index contributed by atoms with van der Waals surface area (Å²) in [5.41, 5.74) is 7.76. The number of hydrogen-bond donors (Lipinski definition) is 1. The lowest BCUT2D eigenvalue weighted by atomic mass is 10.0. The van der Waals surface area contributed by atoms with Gasteiger partial charge in [0.1, 0.15) is 5.82 Å². The summed E-state index contributed by atoms with van der Waals surface area (Å²) in [5.74, 6) is -0.235. The molecule has 3 aromatic rings. The van der Waals surface area contributed by atoms with Crippen LogP contribution >= 0.6 is 0 Å². The average Bonchev–Trinajstić information content (AvgIpc) is 2.44. The van der Waals surface area contributed by atoms with Crippen molar-refractivity contribution in [1.29, 1.82) is 0 Å². The molecule has 0 saturated heterocycles. The van der Waals surface area contributed by atoms with Crippen LogP contribution in [0.5, 0.6) is 5.88 Å². The highest BCUT2D eigenvalue weighted by molar-refractivity contribution is 5.93. The van der Waals surface area contributed by atoms with Crippen LogP contribution in [-0.4, -0.2) is 16.1 Å². The van der Waals surface area contributed by atoms with Crippen LogP contribution in [0.4, 0.5) is 9.18 Å². The molecule has 6 heteroatoms. The van der Waals surface area contributed by atoms with Crippen molar-refractivity contribution < 1.29 is 13.9 Å². The minimum Gasteiger partial charge on any atom is -0.391 e. The first-order chi connectivity index (χ1) is 10.5. The molecule has 0 aliphatic heterocycles. The van der Waals surface area contributed by atoms with Crippen molar-refractivity contribution in [3.05, 3.63) is 54.0 Å². The molecule has 0 aliphatic rings. The normalized spacial score (nSPS) is 10.6. The summed E-state index contributed by atoms with van der Waals surface area (Å²) in [6.45, 7) is 1.85. The van der Waals surface area contributed by atoms with Gasteiger partial charge < -0.3 is 10.5 Å². The Morgan fingerprint density at radius 3 is 2.82 bits per heavy atom. The molecule has 2 heterocycles. The quantitative estimate of drug-likeness (QED) is 0.788. The topological polar surface area (TPSA) is 78.1 Å². The van der Waals surface area contributed by atoms with E-state index in [0.29, 0.717) is 11.2 Å². The molecule has 22 heavy (non-hydrogen) atoms. The second kappa shape index (κ2) is 5.40. The number of nitrogens with two attached hydrogens (primary N) is 1. The van der Waals surface area contributed by atoms with Gasteiger partial charge in [-0.05, 0) is 36.8 Å². The molecule has 2 N–H and O–H groups in total. The number of aromatic nitrogens is 2. The predicted molar refractivity (Wildman–Crippen MR) is 79.9 cm³/mol. The first-order valence-electron chi connectivity index (χ1n) is 6.53. The van der Waals surface area contributed by atoms with Crippen LogP contribution in [0.3, 0.4) is 0 Å². The molecule has 1 aromatic carbocycles. The molecule has 3 rings (SSSR count). The van der Waals surface area contributed by atoms with Crippen LogP contribution in [-0.2, 0) is 0 Å². The average molecular weight is 297 g/mol. The summed E-state index contributed by atoms with van der Waals surface area (Å²) in [7, 11) is 0. The highest BCUT2D eigenvalue weighted by Gasteiger charge is 2.10. The summed E-state index contributed by atoms with van der Waals surface area (Å²) in [5, 5.41) is 0.757. The van der Waals surface area contributed by atoms with Gasteiger partial charge in [-0.1, -0.05) is 0 Å². The number of halogens is 1. The number of primary amides is 1. The molecule has 1 amide bonds. The molecule has 0 aliphatic carbocycles. The van der Waals surface area contributed by atoms with Crippen molar-refractivity contribution in [3.63, 3.8) is 0 Å². The zero-order chi connectivity index (χ0) is 15.7. The van der Waals surface area contributed by atoms with Gasteiger partial charge in [0.15, 0.2) is 0 Å². The monoisotopic (exact) mass is 297 g/mol. The van der Waals surface area contributed by atoms with Gasteiger partial charge in [0.05, 0.1) is 11.2 Å². The lowest BCUT2D eigenvalue weighted by Crippen LogP contribution is -2.17. The number of ether oxygens (including phenoxy) is 1. The highest BCUT2D eigenvalue weighted by Crippen LogP contribution is 2.28. The Morgan fingerprint density at radius 1 is 1.23 bits per heavy atom. The molecule has 110 valence electrons. The standard InChI is InChI=1S/C16H12FN3O2/c1-9-6-14(20-15(7-9)22-16(18)21)12-4-5-19-13-8-10(17)2-3-11(12)13/h2-8H,1H3,(H2,18,21). The van der Waals surface area contributed by atoms with Crippen molar-refractivity contribution in [2.75, 3.05) is 0 Å². The predicted octanol–water partition coefficient (Wildman–Crippen LogP) is 3.20. The number of fused-ring (bicyclic) bond motifs is 1. The number of benzene rings is 1. The Kier molecular flexibility index (Phi) is 3.42. The van der Waals surface area contributed by atoms with E-state index in [2.05, 4.69) is 9.97 Å². The Bertz CT molecular complexity index is 880. The van der Waals surface area contributed by atoms with Gasteiger partial charge in [-0.25, -0.2) is 14.2 Å². The second-order valence-corrected chi connectivity index (χ2v) is 4.81. The van der Waals surface area contributed by atoms with Crippen LogP contribution < -0.4 is 10.5 Å². The van der Waals surface area contributed by atoms with Gasteiger partial charge in [0, 0.05) is 29.3 Å². The molecule has 0 saturated carbocycles. The van der Waals surface area contributed by atoms with E-state index in [1.54, 1.807) is 24.4 Å².